The summed E-state index contributed by atoms with van der Waals surface area (Å²) in [4.78, 5) is 23.8. The van der Waals surface area contributed by atoms with Crippen LogP contribution < -0.4 is 20.1 Å². The number of hydrogen-bond donors (Lipinski definition) is 2. The lowest BCUT2D eigenvalue weighted by atomic mass is 9.90. The molecule has 0 aliphatic carbocycles. The average molecular weight is 510 g/mol. The maximum Gasteiger partial charge on any atom is 0.268 e. The Bertz CT molecular complexity index is 1370. The number of anilines is 2. The molecule has 2 aromatic heterocycles. The van der Waals surface area contributed by atoms with Gasteiger partial charge in [0.25, 0.3) is 15.9 Å². The summed E-state index contributed by atoms with van der Waals surface area (Å²) in [5.74, 6) is 0.573. The van der Waals surface area contributed by atoms with Crippen molar-refractivity contribution in [3.63, 3.8) is 0 Å². The molecule has 1 unspecified atom stereocenters. The minimum atomic E-state index is -4.24. The van der Waals surface area contributed by atoms with E-state index in [1.54, 1.807) is 12.1 Å². The molecule has 0 radical (unpaired) electrons. The van der Waals surface area contributed by atoms with Gasteiger partial charge in [-0.3, -0.25) is 4.79 Å². The third kappa shape index (κ3) is 4.86. The largest absolute Gasteiger partial charge is 0.494 e. The van der Waals surface area contributed by atoms with Crippen molar-refractivity contribution in [3.8, 4) is 17.0 Å². The Hall–Kier alpha value is -3.66. The van der Waals surface area contributed by atoms with Crippen molar-refractivity contribution in [1.29, 1.82) is 0 Å². The predicted octanol–water partition coefficient (Wildman–Crippen LogP) is 3.87. The number of rotatable bonds is 7. The lowest BCUT2D eigenvalue weighted by Gasteiger charge is -2.36. The average Bonchev–Trinajstić information content (AvgIpc) is 3.11. The zero-order chi connectivity index (χ0) is 26.1. The second kappa shape index (κ2) is 9.77. The third-order valence-corrected chi connectivity index (χ3v) is 8.22. The minimum absolute atomic E-state index is 0.165. The van der Waals surface area contributed by atoms with Gasteiger partial charge in [0, 0.05) is 23.8 Å². The van der Waals surface area contributed by atoms with E-state index in [2.05, 4.69) is 35.4 Å². The highest BCUT2D eigenvalue weighted by Crippen LogP contribution is 2.39. The van der Waals surface area contributed by atoms with Crippen molar-refractivity contribution in [3.05, 3.63) is 60.3 Å². The molecule has 10 heteroatoms. The summed E-state index contributed by atoms with van der Waals surface area (Å²) in [5.41, 5.74) is 7.14. The lowest BCUT2D eigenvalue weighted by molar-refractivity contribution is 0.0981. The van der Waals surface area contributed by atoms with Gasteiger partial charge in [0.1, 0.15) is 22.3 Å². The van der Waals surface area contributed by atoms with Crippen molar-refractivity contribution < 1.29 is 17.9 Å². The molecule has 3 aromatic rings. The van der Waals surface area contributed by atoms with Crippen LogP contribution in [0.1, 0.15) is 44.5 Å². The van der Waals surface area contributed by atoms with E-state index in [0.717, 1.165) is 17.7 Å². The highest BCUT2D eigenvalue weighted by atomic mass is 32.2. The van der Waals surface area contributed by atoms with E-state index in [0.29, 0.717) is 30.6 Å². The van der Waals surface area contributed by atoms with Crippen molar-refractivity contribution in [2.24, 2.45) is 5.92 Å². The van der Waals surface area contributed by atoms with Gasteiger partial charge in [0.2, 0.25) is 0 Å². The number of nitrogen functional groups attached to an aromatic ring is 1. The van der Waals surface area contributed by atoms with Gasteiger partial charge in [0.05, 0.1) is 17.9 Å². The Labute approximate surface area is 211 Å². The molecule has 36 heavy (non-hydrogen) atoms. The second-order valence-electron chi connectivity index (χ2n) is 9.34. The number of nitrogens with one attached hydrogen (secondary N) is 1. The van der Waals surface area contributed by atoms with Gasteiger partial charge in [-0.2, -0.15) is 0 Å². The summed E-state index contributed by atoms with van der Waals surface area (Å²) in [7, 11) is -4.24. The zero-order valence-corrected chi connectivity index (χ0v) is 21.7. The first-order chi connectivity index (χ1) is 17.0. The van der Waals surface area contributed by atoms with Crippen LogP contribution in [0, 0.1) is 5.92 Å². The molecule has 1 aliphatic rings. The molecule has 4 rings (SSSR count). The number of nitrogens with zero attached hydrogens (tertiary/aromatic N) is 3. The van der Waals surface area contributed by atoms with Crippen LogP contribution in [-0.4, -0.2) is 43.0 Å². The van der Waals surface area contributed by atoms with Gasteiger partial charge in [-0.25, -0.2) is 23.1 Å². The highest BCUT2D eigenvalue weighted by molar-refractivity contribution is 7.90. The fourth-order valence-electron chi connectivity index (χ4n) is 4.35. The summed E-state index contributed by atoms with van der Waals surface area (Å²) in [5, 5.41) is 0. The molecule has 1 amide bonds. The molecule has 0 spiro atoms. The molecule has 190 valence electrons. The molecular weight excluding hydrogens is 478 g/mol. The maximum absolute atomic E-state index is 13.3. The van der Waals surface area contributed by atoms with Crippen LogP contribution in [0.3, 0.4) is 0 Å². The van der Waals surface area contributed by atoms with Crippen LogP contribution in [0.4, 0.5) is 11.6 Å². The molecule has 1 fully saturated rings. The number of ether oxygens (including phenoxy) is 1. The number of carbonyl (C=O) groups is 1. The van der Waals surface area contributed by atoms with Crippen LogP contribution in [0.2, 0.25) is 0 Å². The van der Waals surface area contributed by atoms with Gasteiger partial charge in [-0.15, -0.1) is 0 Å². The SMILES string of the molecule is CCOc1ccc(-c2ccc(C(=O)NS(=O)(=O)c3cccnc3N)c(N3CCC(C)C3(C)C)n2)cc1. The van der Waals surface area contributed by atoms with E-state index in [-0.39, 0.29) is 21.8 Å². The van der Waals surface area contributed by atoms with Crippen LogP contribution in [0.5, 0.6) is 5.75 Å². The fourth-order valence-corrected chi connectivity index (χ4v) is 5.40. The molecule has 0 bridgehead atoms. The number of pyridine rings is 2. The quantitative estimate of drug-likeness (QED) is 0.491. The van der Waals surface area contributed by atoms with Crippen molar-refractivity contribution >= 4 is 27.6 Å². The third-order valence-electron chi connectivity index (χ3n) is 6.84. The highest BCUT2D eigenvalue weighted by Gasteiger charge is 2.41. The second-order valence-corrected chi connectivity index (χ2v) is 11.0. The Morgan fingerprint density at radius 3 is 2.53 bits per heavy atom. The molecule has 1 aromatic carbocycles. The number of aromatic nitrogens is 2. The Kier molecular flexibility index (Phi) is 6.90. The van der Waals surface area contributed by atoms with E-state index in [1.165, 1.54) is 18.3 Å². The molecule has 1 aliphatic heterocycles. The topological polar surface area (TPSA) is 128 Å². The van der Waals surface area contributed by atoms with Gasteiger partial charge < -0.3 is 15.4 Å². The number of amides is 1. The fraction of sp³-hybridized carbons (Fsp3) is 0.346. The molecular formula is C26H31N5O4S. The standard InChI is InChI=1S/C26H31N5O4S/c1-5-35-19-10-8-18(9-11-19)21-13-12-20(24(29-21)31-16-14-17(2)26(31,3)4)25(32)30-36(33,34)22-7-6-15-28-23(22)27/h6-13,15,17H,5,14,16H2,1-4H3,(H2,27,28)(H,30,32). The molecule has 0 saturated carbocycles. The molecule has 3 N–H and O–H groups in total. The van der Waals surface area contributed by atoms with Gasteiger partial charge in [-0.1, -0.05) is 6.92 Å². The number of benzene rings is 1. The normalized spacial score (nSPS) is 17.1. The van der Waals surface area contributed by atoms with Crippen molar-refractivity contribution in [1.82, 2.24) is 14.7 Å². The van der Waals surface area contributed by atoms with Crippen LogP contribution in [-0.2, 0) is 10.0 Å². The van der Waals surface area contributed by atoms with Crippen molar-refractivity contribution in [2.75, 3.05) is 23.8 Å². The minimum Gasteiger partial charge on any atom is -0.494 e. The summed E-state index contributed by atoms with van der Waals surface area (Å²) in [6, 6.07) is 13.6. The summed E-state index contributed by atoms with van der Waals surface area (Å²) >= 11 is 0. The summed E-state index contributed by atoms with van der Waals surface area (Å²) in [6.07, 6.45) is 2.31. The Morgan fingerprint density at radius 1 is 1.19 bits per heavy atom. The first-order valence-electron chi connectivity index (χ1n) is 11.8. The molecule has 1 saturated heterocycles. The maximum atomic E-state index is 13.3. The van der Waals surface area contributed by atoms with Gasteiger partial charge in [0.15, 0.2) is 0 Å². The van der Waals surface area contributed by atoms with Crippen LogP contribution in [0.15, 0.2) is 59.6 Å². The number of hydrogen-bond acceptors (Lipinski definition) is 8. The Balaban J connectivity index is 1.75. The van der Waals surface area contributed by atoms with E-state index in [4.69, 9.17) is 15.5 Å². The smallest absolute Gasteiger partial charge is 0.268 e. The number of carbonyl (C=O) groups excluding carboxylic acids is 1. The van der Waals surface area contributed by atoms with E-state index >= 15 is 0 Å². The number of nitrogens with two attached hydrogens (primary N) is 1. The molecule has 1 atom stereocenters. The van der Waals surface area contributed by atoms with E-state index in [9.17, 15) is 13.2 Å². The van der Waals surface area contributed by atoms with E-state index < -0.39 is 15.9 Å². The monoisotopic (exact) mass is 509 g/mol. The number of sulfonamides is 1. The summed E-state index contributed by atoms with van der Waals surface area (Å²) in [6.45, 7) is 9.55. The van der Waals surface area contributed by atoms with Crippen molar-refractivity contribution in [2.45, 2.75) is 44.6 Å². The predicted molar refractivity (Wildman–Crippen MR) is 139 cm³/mol. The Morgan fingerprint density at radius 2 is 1.92 bits per heavy atom. The molecule has 9 nitrogen and oxygen atoms in total. The van der Waals surface area contributed by atoms with Gasteiger partial charge >= 0.3 is 0 Å². The van der Waals surface area contributed by atoms with Crippen LogP contribution in [0.25, 0.3) is 11.3 Å². The van der Waals surface area contributed by atoms with Gasteiger partial charge in [-0.05, 0) is 81.6 Å². The lowest BCUT2D eigenvalue weighted by Crippen LogP contribution is -2.43. The molecule has 3 heterocycles. The first kappa shape index (κ1) is 25.4. The first-order valence-corrected chi connectivity index (χ1v) is 13.3. The van der Waals surface area contributed by atoms with E-state index in [1.807, 2.05) is 31.2 Å². The summed E-state index contributed by atoms with van der Waals surface area (Å²) < 4.78 is 33.5. The zero-order valence-electron chi connectivity index (χ0n) is 20.9. The van der Waals surface area contributed by atoms with Crippen LogP contribution >= 0.6 is 0 Å².